The third-order valence-corrected chi connectivity index (χ3v) is 5.26. The Balaban J connectivity index is 1.76. The number of piperidine rings is 1. The van der Waals surface area contributed by atoms with Gasteiger partial charge in [-0.1, -0.05) is 12.1 Å². The van der Waals surface area contributed by atoms with Crippen LogP contribution in [0.5, 0.6) is 0 Å². The van der Waals surface area contributed by atoms with Gasteiger partial charge in [-0.05, 0) is 37.0 Å². The molecule has 7 heteroatoms. The molecule has 0 saturated carbocycles. The molecule has 1 saturated heterocycles. The molecule has 5 nitrogen and oxygen atoms in total. The lowest BCUT2D eigenvalue weighted by Gasteiger charge is -2.34. The number of rotatable bonds is 4. The van der Waals surface area contributed by atoms with E-state index >= 15 is 0 Å². The van der Waals surface area contributed by atoms with Gasteiger partial charge in [-0.3, -0.25) is 9.59 Å². The maximum absolute atomic E-state index is 13.0. The van der Waals surface area contributed by atoms with Crippen molar-refractivity contribution in [2.24, 2.45) is 5.73 Å². The summed E-state index contributed by atoms with van der Waals surface area (Å²) >= 11 is 1.25. The van der Waals surface area contributed by atoms with Crippen molar-refractivity contribution in [1.82, 2.24) is 9.88 Å². The molecule has 24 heavy (non-hydrogen) atoms. The number of thiazole rings is 1. The van der Waals surface area contributed by atoms with Crippen LogP contribution in [0.25, 0.3) is 0 Å². The van der Waals surface area contributed by atoms with E-state index in [-0.39, 0.29) is 24.2 Å². The fourth-order valence-corrected chi connectivity index (χ4v) is 3.84. The summed E-state index contributed by atoms with van der Waals surface area (Å²) in [5, 5.41) is 0.746. The summed E-state index contributed by atoms with van der Waals surface area (Å²) in [5.74, 6) is -0.829. The molecule has 2 heterocycles. The fourth-order valence-electron chi connectivity index (χ4n) is 2.92. The smallest absolute Gasteiger partial charge is 0.260 e. The Morgan fingerprint density at radius 2 is 2.04 bits per heavy atom. The first-order valence-corrected chi connectivity index (χ1v) is 8.65. The number of carbonyl (C=O) groups is 2. The molecule has 1 fully saturated rings. The zero-order chi connectivity index (χ0) is 17.1. The van der Waals surface area contributed by atoms with Crippen LogP contribution in [0.4, 0.5) is 4.39 Å². The maximum atomic E-state index is 13.0. The van der Waals surface area contributed by atoms with Crippen molar-refractivity contribution in [2.45, 2.75) is 31.7 Å². The minimum Gasteiger partial charge on any atom is -0.365 e. The van der Waals surface area contributed by atoms with Gasteiger partial charge in [0.05, 0.1) is 18.7 Å². The number of carbonyl (C=O) groups excluding carboxylic acids is 2. The van der Waals surface area contributed by atoms with Crippen LogP contribution in [0, 0.1) is 5.82 Å². The Morgan fingerprint density at radius 1 is 1.29 bits per heavy atom. The van der Waals surface area contributed by atoms with E-state index in [1.165, 1.54) is 29.7 Å². The lowest BCUT2D eigenvalue weighted by molar-refractivity contribution is -0.134. The minimum atomic E-state index is -0.501. The highest BCUT2D eigenvalue weighted by Gasteiger charge is 2.30. The van der Waals surface area contributed by atoms with E-state index in [2.05, 4.69) is 4.98 Å². The molecule has 0 radical (unpaired) electrons. The first-order valence-electron chi connectivity index (χ1n) is 7.84. The van der Waals surface area contributed by atoms with Gasteiger partial charge in [-0.15, -0.1) is 11.3 Å². The number of amides is 2. The molecule has 1 aromatic carbocycles. The molecule has 1 aliphatic rings. The van der Waals surface area contributed by atoms with Crippen molar-refractivity contribution in [3.05, 3.63) is 51.7 Å². The average molecular weight is 347 g/mol. The summed E-state index contributed by atoms with van der Waals surface area (Å²) in [6.45, 7) is 0.663. The normalized spacial score (nSPS) is 17.7. The number of nitrogens with zero attached hydrogens (tertiary/aromatic N) is 2. The summed E-state index contributed by atoms with van der Waals surface area (Å²) in [5.41, 5.74) is 6.07. The number of hydrogen-bond acceptors (Lipinski definition) is 4. The summed E-state index contributed by atoms with van der Waals surface area (Å²) in [6, 6.07) is 5.85. The summed E-state index contributed by atoms with van der Waals surface area (Å²) in [6.07, 6.45) is 4.47. The van der Waals surface area contributed by atoms with Crippen LogP contribution >= 0.6 is 11.3 Å². The molecule has 1 atom stereocenters. The number of benzene rings is 1. The van der Waals surface area contributed by atoms with Crippen LogP contribution in [0.2, 0.25) is 0 Å². The number of likely N-dealkylation sites (tertiary alicyclic amines) is 1. The van der Waals surface area contributed by atoms with Crippen molar-refractivity contribution >= 4 is 23.2 Å². The third-order valence-electron chi connectivity index (χ3n) is 4.14. The van der Waals surface area contributed by atoms with E-state index in [0.717, 1.165) is 29.8 Å². The van der Waals surface area contributed by atoms with Crippen LogP contribution in [0.3, 0.4) is 0 Å². The highest BCUT2D eigenvalue weighted by Crippen LogP contribution is 2.33. The minimum absolute atomic E-state index is 0.0119. The first-order chi connectivity index (χ1) is 11.5. The SMILES string of the molecule is NC(=O)c1cnc([C@H]2CCCCN2C(=O)Cc2ccc(F)cc2)s1. The first kappa shape index (κ1) is 16.6. The predicted molar refractivity (Wildman–Crippen MR) is 89.0 cm³/mol. The number of hydrogen-bond donors (Lipinski definition) is 1. The van der Waals surface area contributed by atoms with Crippen LogP contribution in [0.1, 0.15) is 45.5 Å². The van der Waals surface area contributed by atoms with Crippen LogP contribution in [-0.2, 0) is 11.2 Å². The molecule has 0 unspecified atom stereocenters. The Labute approximate surface area is 143 Å². The molecule has 0 spiro atoms. The standard InChI is InChI=1S/C17H18FN3O2S/c18-12-6-4-11(5-7-12)9-15(22)21-8-2-1-3-13(21)17-20-10-14(24-17)16(19)23/h4-7,10,13H,1-3,8-9H2,(H2,19,23)/t13-/m1/s1. The van der Waals surface area contributed by atoms with Crippen molar-refractivity contribution in [3.63, 3.8) is 0 Å². The van der Waals surface area contributed by atoms with Crippen molar-refractivity contribution in [1.29, 1.82) is 0 Å². The molecular weight excluding hydrogens is 329 g/mol. The second kappa shape index (κ2) is 7.09. The van der Waals surface area contributed by atoms with Crippen LogP contribution in [-0.4, -0.2) is 28.2 Å². The van der Waals surface area contributed by atoms with E-state index in [4.69, 9.17) is 5.73 Å². The van der Waals surface area contributed by atoms with E-state index in [9.17, 15) is 14.0 Å². The molecule has 0 aliphatic carbocycles. The lowest BCUT2D eigenvalue weighted by Crippen LogP contribution is -2.39. The second-order valence-electron chi connectivity index (χ2n) is 5.83. The van der Waals surface area contributed by atoms with Gasteiger partial charge in [0.1, 0.15) is 15.7 Å². The molecule has 2 amide bonds. The van der Waals surface area contributed by atoms with E-state index in [1.54, 1.807) is 12.1 Å². The maximum Gasteiger partial charge on any atom is 0.260 e. The molecule has 1 aromatic heterocycles. The van der Waals surface area contributed by atoms with Gasteiger partial charge in [0.15, 0.2) is 0 Å². The van der Waals surface area contributed by atoms with Crippen LogP contribution in [0.15, 0.2) is 30.5 Å². The van der Waals surface area contributed by atoms with Crippen molar-refractivity contribution in [2.75, 3.05) is 6.54 Å². The summed E-state index contributed by atoms with van der Waals surface area (Å²) < 4.78 is 13.0. The Hall–Kier alpha value is -2.28. The topological polar surface area (TPSA) is 76.3 Å². The molecular formula is C17H18FN3O2S. The molecule has 2 N–H and O–H groups in total. The number of aromatic nitrogens is 1. The molecule has 0 bridgehead atoms. The van der Waals surface area contributed by atoms with Crippen molar-refractivity contribution < 1.29 is 14.0 Å². The predicted octanol–water partition coefficient (Wildman–Crippen LogP) is 2.68. The molecule has 1 aliphatic heterocycles. The van der Waals surface area contributed by atoms with Gasteiger partial charge >= 0.3 is 0 Å². The van der Waals surface area contributed by atoms with Gasteiger partial charge < -0.3 is 10.6 Å². The third kappa shape index (κ3) is 3.62. The van der Waals surface area contributed by atoms with Gasteiger partial charge in [-0.25, -0.2) is 9.37 Å². The largest absolute Gasteiger partial charge is 0.365 e. The number of nitrogens with two attached hydrogens (primary N) is 1. The van der Waals surface area contributed by atoms with Crippen molar-refractivity contribution in [3.8, 4) is 0 Å². The van der Waals surface area contributed by atoms with E-state index in [0.29, 0.717) is 11.4 Å². The number of halogens is 1. The monoisotopic (exact) mass is 347 g/mol. The van der Waals surface area contributed by atoms with Gasteiger partial charge in [0.25, 0.3) is 5.91 Å². The highest BCUT2D eigenvalue weighted by molar-refractivity contribution is 7.13. The number of primary amides is 1. The quantitative estimate of drug-likeness (QED) is 0.924. The van der Waals surface area contributed by atoms with E-state index in [1.807, 2.05) is 4.90 Å². The Morgan fingerprint density at radius 3 is 2.71 bits per heavy atom. The lowest BCUT2D eigenvalue weighted by atomic mass is 10.0. The Bertz CT molecular complexity index is 745. The van der Waals surface area contributed by atoms with E-state index < -0.39 is 5.91 Å². The fraction of sp³-hybridized carbons (Fsp3) is 0.353. The van der Waals surface area contributed by atoms with Crippen LogP contribution < -0.4 is 5.73 Å². The zero-order valence-corrected chi connectivity index (χ0v) is 13.9. The average Bonchev–Trinajstić information content (AvgIpc) is 3.07. The summed E-state index contributed by atoms with van der Waals surface area (Å²) in [7, 11) is 0. The van der Waals surface area contributed by atoms with Gasteiger partial charge in [0.2, 0.25) is 5.91 Å². The molecule has 3 rings (SSSR count). The zero-order valence-electron chi connectivity index (χ0n) is 13.1. The highest BCUT2D eigenvalue weighted by atomic mass is 32.1. The Kier molecular flexibility index (Phi) is 4.89. The second-order valence-corrected chi connectivity index (χ2v) is 6.89. The van der Waals surface area contributed by atoms with Gasteiger partial charge in [-0.2, -0.15) is 0 Å². The molecule has 2 aromatic rings. The van der Waals surface area contributed by atoms with Gasteiger partial charge in [0, 0.05) is 6.54 Å². The molecule has 126 valence electrons. The summed E-state index contributed by atoms with van der Waals surface area (Å²) in [4.78, 5) is 30.5.